The van der Waals surface area contributed by atoms with Gasteiger partial charge in [0.25, 0.3) is 0 Å². The van der Waals surface area contributed by atoms with Gasteiger partial charge >= 0.3 is 289 Å². The van der Waals surface area contributed by atoms with Crippen molar-refractivity contribution in [2.75, 3.05) is 0 Å². The molecule has 0 aromatic heterocycles. The Balaban J connectivity index is 1.49. The molecule has 4 aromatic carbocycles. The van der Waals surface area contributed by atoms with Crippen LogP contribution in [-0.2, 0) is 26.5 Å². The summed E-state index contributed by atoms with van der Waals surface area (Å²) in [6.07, 6.45) is 4.38. The molecule has 0 bridgehead atoms. The van der Waals surface area contributed by atoms with E-state index in [-0.39, 0.29) is 7.25 Å². The van der Waals surface area contributed by atoms with Crippen molar-refractivity contribution >= 4 is 75.6 Å². The van der Waals surface area contributed by atoms with Crippen molar-refractivity contribution in [3.05, 3.63) is 152 Å². The van der Waals surface area contributed by atoms with Gasteiger partial charge in [-0.1, -0.05) is 0 Å². The minimum absolute atomic E-state index is 0.0965. The quantitative estimate of drug-likeness (QED) is 0.172. The Bertz CT molecular complexity index is 1660. The van der Waals surface area contributed by atoms with E-state index in [9.17, 15) is 0 Å². The van der Waals surface area contributed by atoms with Gasteiger partial charge in [0.05, 0.1) is 0 Å². The van der Waals surface area contributed by atoms with Crippen molar-refractivity contribution in [3.63, 3.8) is 0 Å². The fourth-order valence-corrected chi connectivity index (χ4v) is 22.8. The zero-order chi connectivity index (χ0) is 30.9. The summed E-state index contributed by atoms with van der Waals surface area (Å²) >= 11 is 24.3. The monoisotopic (exact) mass is 762 g/mol. The second-order valence-corrected chi connectivity index (χ2v) is 29.1. The molecule has 220 valence electrons. The number of alkyl halides is 4. The van der Waals surface area contributed by atoms with Gasteiger partial charge in [-0.05, 0) is 0 Å². The van der Waals surface area contributed by atoms with Gasteiger partial charge in [-0.2, -0.15) is 0 Å². The van der Waals surface area contributed by atoms with Crippen LogP contribution in [0.5, 0.6) is 0 Å². The van der Waals surface area contributed by atoms with Crippen molar-refractivity contribution in [1.82, 2.24) is 0 Å². The number of benzene rings is 4. The Hall–Kier alpha value is -1.02. The second kappa shape index (κ2) is 11.7. The van der Waals surface area contributed by atoms with Crippen LogP contribution < -0.4 is 0 Å². The summed E-state index contributed by atoms with van der Waals surface area (Å²) in [5.41, 5.74) is 12.2. The molecule has 0 heterocycles. The number of halogens is 6. The first kappa shape index (κ1) is 31.9. The van der Waals surface area contributed by atoms with E-state index in [2.05, 4.69) is 52.0 Å². The average molecular weight is 767 g/mol. The molecule has 0 aliphatic heterocycles. The molecule has 4 aromatic rings. The molecule has 2 aliphatic carbocycles. The molecule has 43 heavy (non-hydrogen) atoms. The summed E-state index contributed by atoms with van der Waals surface area (Å²) in [6.45, 7) is 8.50. The molecule has 0 spiro atoms. The molecule has 2 atom stereocenters. The number of allylic oxidation sites excluding steroid dienone is 2. The van der Waals surface area contributed by atoms with Crippen LogP contribution in [0.15, 0.2) is 96.1 Å². The first-order valence-electron chi connectivity index (χ1n) is 14.2. The molecular weight excluding hydrogens is 736 g/mol. The van der Waals surface area contributed by atoms with E-state index in [1.807, 2.05) is 72.8 Å². The van der Waals surface area contributed by atoms with E-state index in [1.54, 1.807) is 0 Å². The summed E-state index contributed by atoms with van der Waals surface area (Å²) in [5, 5.41) is 0. The zero-order valence-electron chi connectivity index (χ0n) is 24.2. The molecule has 0 saturated heterocycles. The second-order valence-electron chi connectivity index (χ2n) is 11.7. The Morgan fingerprint density at radius 3 is 1.21 bits per heavy atom. The third kappa shape index (κ3) is 5.24. The van der Waals surface area contributed by atoms with Crippen molar-refractivity contribution in [1.29, 1.82) is 0 Å². The number of fused-ring (bicyclic) bond motifs is 2. The Morgan fingerprint density at radius 1 is 0.512 bits per heavy atom. The van der Waals surface area contributed by atoms with Crippen LogP contribution in [0, 0.1) is 13.8 Å². The predicted molar refractivity (Wildman–Crippen MR) is 185 cm³/mol. The molecule has 0 N–H and O–H groups in total. The topological polar surface area (TPSA) is 0 Å². The fraction of sp³-hybridized carbons (Fsp3) is 0.222. The van der Waals surface area contributed by atoms with Crippen LogP contribution in [0.3, 0.4) is 0 Å². The summed E-state index contributed by atoms with van der Waals surface area (Å²) in [6, 6.07) is 27.8. The molecule has 2 unspecified atom stereocenters. The molecule has 0 nitrogen and oxygen atoms in total. The Kier molecular flexibility index (Phi) is 8.66. The van der Waals surface area contributed by atoms with Crippen LogP contribution in [0.4, 0.5) is 0 Å². The third-order valence-corrected chi connectivity index (χ3v) is 23.3. The van der Waals surface area contributed by atoms with Crippen LogP contribution in [0.1, 0.15) is 76.7 Å². The van der Waals surface area contributed by atoms with Gasteiger partial charge in [0, 0.05) is 0 Å². The first-order valence-corrected chi connectivity index (χ1v) is 24.8. The predicted octanol–water partition coefficient (Wildman–Crippen LogP) is 12.7. The van der Waals surface area contributed by atoms with Crippen LogP contribution in [0.2, 0.25) is 0 Å². The molecule has 0 radical (unpaired) electrons. The van der Waals surface area contributed by atoms with E-state index in [0.717, 1.165) is 66.8 Å². The summed E-state index contributed by atoms with van der Waals surface area (Å²) in [5.74, 6) is 0. The van der Waals surface area contributed by atoms with Gasteiger partial charge in [0.2, 0.25) is 0 Å². The number of hydrogen-bond donors (Lipinski definition) is 0. The average Bonchev–Trinajstić information content (AvgIpc) is 3.52. The van der Waals surface area contributed by atoms with Gasteiger partial charge < -0.3 is 0 Å². The van der Waals surface area contributed by atoms with Crippen molar-refractivity contribution in [3.8, 4) is 0 Å². The first-order chi connectivity index (χ1) is 20.3. The van der Waals surface area contributed by atoms with Gasteiger partial charge in [0.1, 0.15) is 0 Å². The van der Waals surface area contributed by atoms with Crippen LogP contribution >= 0.6 is 63.4 Å². The standard InChI is InChI=1S/2C18H15Cl2.2ClH.Zr/c2*1-12-10-15-13(2)8-9-17(16(15)11-12)18(19,20)14-6-4-3-5-7-14;;;/h2*3-11H,1-2H3;2*1H;/q;;;;+2/p-2. The maximum atomic E-state index is 7.87. The van der Waals surface area contributed by atoms with E-state index < -0.39 is 26.5 Å². The third-order valence-electron chi connectivity index (χ3n) is 8.96. The summed E-state index contributed by atoms with van der Waals surface area (Å²) in [4.78, 5) is 0. The van der Waals surface area contributed by atoms with E-state index >= 15 is 0 Å². The van der Waals surface area contributed by atoms with Gasteiger partial charge in [-0.15, -0.1) is 0 Å². The number of aryl methyl sites for hydroxylation is 2. The summed E-state index contributed by atoms with van der Waals surface area (Å²) < 4.78 is -2.66. The van der Waals surface area contributed by atoms with E-state index in [4.69, 9.17) is 63.4 Å². The van der Waals surface area contributed by atoms with Crippen LogP contribution in [-0.4, -0.2) is 0 Å². The minimum atomic E-state index is -4.23. The van der Waals surface area contributed by atoms with Gasteiger partial charge in [-0.3, -0.25) is 0 Å². The van der Waals surface area contributed by atoms with Crippen molar-refractivity contribution in [2.45, 2.75) is 43.6 Å². The molecule has 6 rings (SSSR count). The molecular formula is C36H30Cl6Zr. The van der Waals surface area contributed by atoms with Crippen molar-refractivity contribution < 1.29 is 17.9 Å². The van der Waals surface area contributed by atoms with Gasteiger partial charge in [0.15, 0.2) is 0 Å². The van der Waals surface area contributed by atoms with E-state index in [1.165, 1.54) is 0 Å². The fourth-order valence-electron chi connectivity index (χ4n) is 6.96. The zero-order valence-corrected chi connectivity index (χ0v) is 31.2. The Labute approximate surface area is 286 Å². The molecule has 0 amide bonds. The Morgan fingerprint density at radius 2 is 0.860 bits per heavy atom. The number of hydrogen-bond acceptors (Lipinski definition) is 0. The molecule has 0 fully saturated rings. The SMILES string of the molecule is CC1=Cc2c(C(Cl)(Cl)c3ccccc3)ccc(C)c2[CH]1[Zr]([Cl])([Cl])[CH]1C(C)=Cc2c(C(Cl)(Cl)c3ccccc3)ccc(C)c21. The summed E-state index contributed by atoms with van der Waals surface area (Å²) in [7, 11) is 15.7. The maximum absolute atomic E-state index is 7.87. The number of rotatable bonds is 6. The van der Waals surface area contributed by atoms with Crippen molar-refractivity contribution in [2.24, 2.45) is 0 Å². The molecule has 7 heteroatoms. The molecule has 2 aliphatic rings. The van der Waals surface area contributed by atoms with Crippen LogP contribution in [0.25, 0.3) is 12.2 Å². The van der Waals surface area contributed by atoms with E-state index in [0.29, 0.717) is 0 Å². The molecule has 0 saturated carbocycles. The van der Waals surface area contributed by atoms with Gasteiger partial charge in [-0.25, -0.2) is 0 Å². The normalized spacial score (nSPS) is 18.3.